The molecule has 0 spiro atoms. The standard InChI is InChI=1S/C19H28N2O2S/c1-2-20-9-3-5-15(20)16-6-4-10-21(16)19(22)13-17-14-8-12-24-18(14)7-11-23-17/h8,12,15-17H,2-7,9-11,13H2,1H3/t15-,16+,17+/m1/s1. The minimum Gasteiger partial charge on any atom is -0.373 e. The van der Waals surface area contributed by atoms with Crippen molar-refractivity contribution in [3.05, 3.63) is 21.9 Å². The van der Waals surface area contributed by atoms with Crippen molar-refractivity contribution in [2.45, 2.75) is 63.6 Å². The van der Waals surface area contributed by atoms with Gasteiger partial charge in [-0.3, -0.25) is 9.69 Å². The molecule has 3 aliphatic rings. The fraction of sp³-hybridized carbons (Fsp3) is 0.737. The lowest BCUT2D eigenvalue weighted by Gasteiger charge is -2.35. The van der Waals surface area contributed by atoms with Crippen molar-refractivity contribution < 1.29 is 9.53 Å². The number of rotatable bonds is 4. The number of nitrogens with zero attached hydrogens (tertiary/aromatic N) is 2. The number of carbonyl (C=O) groups is 1. The summed E-state index contributed by atoms with van der Waals surface area (Å²) in [5.41, 5.74) is 1.26. The Morgan fingerprint density at radius 1 is 1.29 bits per heavy atom. The van der Waals surface area contributed by atoms with E-state index in [2.05, 4.69) is 28.2 Å². The van der Waals surface area contributed by atoms with Crippen molar-refractivity contribution in [2.24, 2.45) is 0 Å². The predicted octanol–water partition coefficient (Wildman–Crippen LogP) is 3.23. The Hall–Kier alpha value is -0.910. The number of thiophene rings is 1. The summed E-state index contributed by atoms with van der Waals surface area (Å²) in [5.74, 6) is 0.296. The Morgan fingerprint density at radius 3 is 3.00 bits per heavy atom. The first-order valence-corrected chi connectivity index (χ1v) is 10.4. The first-order valence-electron chi connectivity index (χ1n) is 9.49. The molecule has 0 aliphatic carbocycles. The van der Waals surface area contributed by atoms with E-state index >= 15 is 0 Å². The minimum atomic E-state index is -0.0281. The van der Waals surface area contributed by atoms with E-state index in [1.54, 1.807) is 11.3 Å². The summed E-state index contributed by atoms with van der Waals surface area (Å²) in [7, 11) is 0. The molecule has 0 unspecified atom stereocenters. The highest BCUT2D eigenvalue weighted by molar-refractivity contribution is 7.10. The molecule has 1 amide bonds. The molecule has 3 atom stereocenters. The summed E-state index contributed by atoms with van der Waals surface area (Å²) < 4.78 is 5.94. The molecule has 0 bridgehead atoms. The molecule has 24 heavy (non-hydrogen) atoms. The van der Waals surface area contributed by atoms with Gasteiger partial charge in [-0.25, -0.2) is 0 Å². The summed E-state index contributed by atoms with van der Waals surface area (Å²) in [4.78, 5) is 19.2. The van der Waals surface area contributed by atoms with Gasteiger partial charge < -0.3 is 9.64 Å². The maximum atomic E-state index is 13.0. The molecule has 5 heteroatoms. The van der Waals surface area contributed by atoms with Gasteiger partial charge in [0.15, 0.2) is 0 Å². The zero-order valence-corrected chi connectivity index (χ0v) is 15.4. The van der Waals surface area contributed by atoms with Crippen molar-refractivity contribution in [1.29, 1.82) is 0 Å². The van der Waals surface area contributed by atoms with E-state index in [4.69, 9.17) is 4.74 Å². The van der Waals surface area contributed by atoms with Crippen molar-refractivity contribution in [2.75, 3.05) is 26.2 Å². The van der Waals surface area contributed by atoms with Gasteiger partial charge in [-0.05, 0) is 55.8 Å². The van der Waals surface area contributed by atoms with Crippen LogP contribution >= 0.6 is 11.3 Å². The van der Waals surface area contributed by atoms with Crippen LogP contribution in [0.2, 0.25) is 0 Å². The molecular weight excluding hydrogens is 320 g/mol. The van der Waals surface area contributed by atoms with Gasteiger partial charge in [-0.1, -0.05) is 6.92 Å². The number of likely N-dealkylation sites (N-methyl/N-ethyl adjacent to an activating group) is 1. The van der Waals surface area contributed by atoms with E-state index in [9.17, 15) is 4.79 Å². The fourth-order valence-electron chi connectivity index (χ4n) is 4.85. The molecule has 132 valence electrons. The number of likely N-dealkylation sites (tertiary alicyclic amines) is 2. The Morgan fingerprint density at radius 2 is 2.12 bits per heavy atom. The third-order valence-corrected chi connectivity index (χ3v) is 7.02. The first-order chi connectivity index (χ1) is 11.8. The maximum Gasteiger partial charge on any atom is 0.225 e. The van der Waals surface area contributed by atoms with Crippen LogP contribution in [0.5, 0.6) is 0 Å². The van der Waals surface area contributed by atoms with Crippen molar-refractivity contribution >= 4 is 17.2 Å². The normalized spacial score (nSPS) is 30.7. The van der Waals surface area contributed by atoms with E-state index in [1.165, 1.54) is 36.2 Å². The van der Waals surface area contributed by atoms with E-state index < -0.39 is 0 Å². The topological polar surface area (TPSA) is 32.8 Å². The Balaban J connectivity index is 1.44. The molecule has 0 radical (unpaired) electrons. The molecule has 1 aromatic rings. The highest BCUT2D eigenvalue weighted by atomic mass is 32.1. The lowest BCUT2D eigenvalue weighted by atomic mass is 10.0. The number of ether oxygens (including phenoxy) is 1. The maximum absolute atomic E-state index is 13.0. The van der Waals surface area contributed by atoms with E-state index in [1.807, 2.05) is 0 Å². The van der Waals surface area contributed by atoms with E-state index in [0.717, 1.165) is 32.5 Å². The van der Waals surface area contributed by atoms with Crippen molar-refractivity contribution in [3.63, 3.8) is 0 Å². The van der Waals surface area contributed by atoms with Gasteiger partial charge in [0.1, 0.15) is 0 Å². The molecule has 3 aliphatic heterocycles. The second-order valence-electron chi connectivity index (χ2n) is 7.25. The monoisotopic (exact) mass is 348 g/mol. The summed E-state index contributed by atoms with van der Waals surface area (Å²) in [6, 6.07) is 3.14. The van der Waals surface area contributed by atoms with Crippen molar-refractivity contribution in [1.82, 2.24) is 9.80 Å². The Kier molecular flexibility index (Phi) is 4.93. The second kappa shape index (κ2) is 7.14. The predicted molar refractivity (Wildman–Crippen MR) is 96.3 cm³/mol. The summed E-state index contributed by atoms with van der Waals surface area (Å²) >= 11 is 1.80. The average molecular weight is 349 g/mol. The summed E-state index contributed by atoms with van der Waals surface area (Å²) in [6.07, 6.45) is 6.33. The fourth-order valence-corrected chi connectivity index (χ4v) is 5.77. The first kappa shape index (κ1) is 16.6. The molecule has 2 saturated heterocycles. The van der Waals surface area contributed by atoms with E-state index in [-0.39, 0.29) is 6.10 Å². The molecule has 2 fully saturated rings. The van der Waals surface area contributed by atoms with Crippen LogP contribution in [0.25, 0.3) is 0 Å². The van der Waals surface area contributed by atoms with Crippen molar-refractivity contribution in [3.8, 4) is 0 Å². The van der Waals surface area contributed by atoms with Crippen LogP contribution in [-0.2, 0) is 16.0 Å². The number of hydrogen-bond acceptors (Lipinski definition) is 4. The third kappa shape index (κ3) is 3.02. The van der Waals surface area contributed by atoms with Gasteiger partial charge in [0.05, 0.1) is 19.1 Å². The second-order valence-corrected chi connectivity index (χ2v) is 8.25. The Labute approximate surface area is 148 Å². The largest absolute Gasteiger partial charge is 0.373 e. The van der Waals surface area contributed by atoms with Crippen LogP contribution in [0.4, 0.5) is 0 Å². The van der Waals surface area contributed by atoms with E-state index in [0.29, 0.717) is 24.4 Å². The van der Waals surface area contributed by atoms with Gasteiger partial charge in [-0.2, -0.15) is 0 Å². The minimum absolute atomic E-state index is 0.0281. The highest BCUT2D eigenvalue weighted by Crippen LogP contribution is 2.35. The number of fused-ring (bicyclic) bond motifs is 1. The molecule has 1 aromatic heterocycles. The molecule has 4 rings (SSSR count). The van der Waals surface area contributed by atoms with Gasteiger partial charge in [0, 0.05) is 29.9 Å². The van der Waals surface area contributed by atoms with Crippen LogP contribution in [0.15, 0.2) is 11.4 Å². The number of hydrogen-bond donors (Lipinski definition) is 0. The van der Waals surface area contributed by atoms with Gasteiger partial charge in [0.2, 0.25) is 5.91 Å². The molecular formula is C19H28N2O2S. The van der Waals surface area contributed by atoms with Crippen LogP contribution in [-0.4, -0.2) is 54.0 Å². The lowest BCUT2D eigenvalue weighted by Crippen LogP contribution is -2.48. The van der Waals surface area contributed by atoms with Gasteiger partial charge in [0.25, 0.3) is 0 Å². The highest BCUT2D eigenvalue weighted by Gasteiger charge is 2.39. The summed E-state index contributed by atoms with van der Waals surface area (Å²) in [6.45, 7) is 6.23. The van der Waals surface area contributed by atoms with Crippen LogP contribution in [0.3, 0.4) is 0 Å². The molecule has 4 heterocycles. The zero-order chi connectivity index (χ0) is 16.5. The number of amides is 1. The molecule has 4 nitrogen and oxygen atoms in total. The van der Waals surface area contributed by atoms with Crippen LogP contribution in [0.1, 0.15) is 55.6 Å². The quantitative estimate of drug-likeness (QED) is 0.837. The smallest absolute Gasteiger partial charge is 0.225 e. The lowest BCUT2D eigenvalue weighted by molar-refractivity contribution is -0.136. The molecule has 0 saturated carbocycles. The van der Waals surface area contributed by atoms with Crippen LogP contribution in [0, 0.1) is 0 Å². The third-order valence-electron chi connectivity index (χ3n) is 6.02. The zero-order valence-electron chi connectivity index (χ0n) is 14.6. The molecule has 0 N–H and O–H groups in total. The van der Waals surface area contributed by atoms with Gasteiger partial charge in [-0.15, -0.1) is 11.3 Å². The Bertz CT molecular complexity index is 588. The number of carbonyl (C=O) groups excluding carboxylic acids is 1. The van der Waals surface area contributed by atoms with Gasteiger partial charge >= 0.3 is 0 Å². The molecule has 0 aromatic carbocycles. The SMILES string of the molecule is CCN1CCC[C@@H]1[C@@H]1CCCN1C(=O)C[C@@H]1OCCc2sccc21. The summed E-state index contributed by atoms with van der Waals surface area (Å²) in [5, 5.41) is 2.13. The van der Waals surface area contributed by atoms with Crippen LogP contribution < -0.4 is 0 Å². The average Bonchev–Trinajstić information content (AvgIpc) is 3.33.